The summed E-state index contributed by atoms with van der Waals surface area (Å²) in [6, 6.07) is 0.404. The van der Waals surface area contributed by atoms with Gasteiger partial charge in [0.15, 0.2) is 0 Å². The lowest BCUT2D eigenvalue weighted by molar-refractivity contribution is -0.122. The number of thioether (sulfide) groups is 1. The minimum absolute atomic E-state index is 0.00458. The summed E-state index contributed by atoms with van der Waals surface area (Å²) < 4.78 is 10.9. The van der Waals surface area contributed by atoms with E-state index in [4.69, 9.17) is 15.0 Å². The maximum absolute atomic E-state index is 11.9. The summed E-state index contributed by atoms with van der Waals surface area (Å²) in [4.78, 5) is 37.7. The van der Waals surface area contributed by atoms with Crippen molar-refractivity contribution in [1.82, 2.24) is 21.3 Å². The largest absolute Gasteiger partial charge is 0.377 e. The molecule has 2 saturated heterocycles. The summed E-state index contributed by atoms with van der Waals surface area (Å²) in [5.74, 6) is 0.985. The van der Waals surface area contributed by atoms with E-state index in [9.17, 15) is 14.4 Å². The highest BCUT2D eigenvalue weighted by molar-refractivity contribution is 8.00. The average molecular weight is 514 g/mol. The van der Waals surface area contributed by atoms with Crippen LogP contribution in [0.3, 0.4) is 0 Å². The van der Waals surface area contributed by atoms with Gasteiger partial charge in [0.25, 0.3) is 0 Å². The van der Waals surface area contributed by atoms with Gasteiger partial charge in [0.2, 0.25) is 11.8 Å². The van der Waals surface area contributed by atoms with Crippen molar-refractivity contribution >= 4 is 29.6 Å². The van der Waals surface area contributed by atoms with Crippen LogP contribution in [0.15, 0.2) is 5.11 Å². The third-order valence-corrected chi connectivity index (χ3v) is 7.32. The van der Waals surface area contributed by atoms with Crippen molar-refractivity contribution in [2.24, 2.45) is 5.11 Å². The van der Waals surface area contributed by atoms with E-state index in [1.165, 1.54) is 0 Å². The number of azide groups is 1. The number of nitrogens with one attached hydrogen (secondary N) is 4. The first-order valence-electron chi connectivity index (χ1n) is 12.5. The number of rotatable bonds is 20. The van der Waals surface area contributed by atoms with Crippen LogP contribution in [-0.4, -0.2) is 87.0 Å². The van der Waals surface area contributed by atoms with Gasteiger partial charge in [-0.15, -0.1) is 0 Å². The molecule has 0 aromatic carbocycles. The molecule has 198 valence electrons. The van der Waals surface area contributed by atoms with Gasteiger partial charge in [-0.25, -0.2) is 4.79 Å². The van der Waals surface area contributed by atoms with Crippen LogP contribution >= 0.6 is 11.8 Å². The van der Waals surface area contributed by atoms with Crippen molar-refractivity contribution in [2.45, 2.75) is 68.7 Å². The fraction of sp³-hybridized carbons (Fsp3) is 0.864. The molecule has 13 heteroatoms. The normalized spacial score (nSPS) is 20.5. The number of amides is 4. The molecule has 0 bridgehead atoms. The van der Waals surface area contributed by atoms with E-state index < -0.39 is 0 Å². The van der Waals surface area contributed by atoms with Crippen molar-refractivity contribution in [1.29, 1.82) is 0 Å². The Morgan fingerprint density at radius 3 is 2.29 bits per heavy atom. The maximum atomic E-state index is 11.9. The molecular formula is C22H39N7O5S. The van der Waals surface area contributed by atoms with Crippen molar-refractivity contribution in [3.8, 4) is 0 Å². The molecule has 0 aromatic heterocycles. The van der Waals surface area contributed by atoms with Crippen LogP contribution in [0.1, 0.15) is 51.4 Å². The molecule has 3 atom stereocenters. The lowest BCUT2D eigenvalue weighted by atomic mass is 10.0. The molecule has 0 spiro atoms. The molecule has 0 saturated carbocycles. The Balaban J connectivity index is 1.30. The molecule has 0 aliphatic carbocycles. The summed E-state index contributed by atoms with van der Waals surface area (Å²) in [6.45, 7) is 3.12. The Hall–Kier alpha value is -2.21. The van der Waals surface area contributed by atoms with Crippen LogP contribution < -0.4 is 21.3 Å². The van der Waals surface area contributed by atoms with Crippen LogP contribution in [0.5, 0.6) is 0 Å². The number of hydrogen-bond acceptors (Lipinski definition) is 7. The number of ether oxygens (including phenoxy) is 2. The summed E-state index contributed by atoms with van der Waals surface area (Å²) >= 11 is 1.90. The van der Waals surface area contributed by atoms with E-state index >= 15 is 0 Å². The Labute approximate surface area is 211 Å². The molecule has 2 aliphatic rings. The molecule has 2 rings (SSSR count). The third-order valence-electron chi connectivity index (χ3n) is 5.81. The van der Waals surface area contributed by atoms with E-state index in [0.29, 0.717) is 64.2 Å². The predicted octanol–water partition coefficient (Wildman–Crippen LogP) is 1.85. The summed E-state index contributed by atoms with van der Waals surface area (Å²) in [6.07, 6.45) is 6.21. The first-order chi connectivity index (χ1) is 17.1. The standard InChI is InChI=1S/C22H39N7O5S/c23-29-26-9-5-1-2-7-19(30)24-10-12-33-14-15-34-13-11-25-20(31)8-4-3-6-18-21-17(16-35-18)27-22(32)28-21/h17-18,21H,1-16H2,(H,24,30)(H,25,31)(H2,27,28,32)/t17-,18-,21-/m0/s1. The molecule has 2 aliphatic heterocycles. The van der Waals surface area contributed by atoms with Crippen LogP contribution in [0.4, 0.5) is 4.79 Å². The molecule has 4 N–H and O–H groups in total. The van der Waals surface area contributed by atoms with Gasteiger partial charge in [-0.3, -0.25) is 9.59 Å². The highest BCUT2D eigenvalue weighted by atomic mass is 32.2. The highest BCUT2D eigenvalue weighted by Gasteiger charge is 2.42. The second-order valence-corrected chi connectivity index (χ2v) is 9.83. The minimum atomic E-state index is -0.0640. The maximum Gasteiger partial charge on any atom is 0.315 e. The fourth-order valence-corrected chi connectivity index (χ4v) is 5.53. The monoisotopic (exact) mass is 513 g/mol. The van der Waals surface area contributed by atoms with Crippen molar-refractivity contribution in [3.05, 3.63) is 10.4 Å². The van der Waals surface area contributed by atoms with Gasteiger partial charge in [-0.1, -0.05) is 18.0 Å². The number of carbonyl (C=O) groups excluding carboxylic acids is 3. The number of carbonyl (C=O) groups is 3. The fourth-order valence-electron chi connectivity index (χ4n) is 3.99. The molecule has 35 heavy (non-hydrogen) atoms. The lowest BCUT2D eigenvalue weighted by Gasteiger charge is -2.16. The first-order valence-corrected chi connectivity index (χ1v) is 13.5. The zero-order valence-corrected chi connectivity index (χ0v) is 21.2. The highest BCUT2D eigenvalue weighted by Crippen LogP contribution is 2.33. The lowest BCUT2D eigenvalue weighted by Crippen LogP contribution is -2.36. The van der Waals surface area contributed by atoms with Gasteiger partial charge in [0.1, 0.15) is 0 Å². The van der Waals surface area contributed by atoms with Gasteiger partial charge in [0, 0.05) is 48.4 Å². The Bertz CT molecular complexity index is 708. The summed E-state index contributed by atoms with van der Waals surface area (Å²) in [5, 5.41) is 15.5. The number of hydrogen-bond donors (Lipinski definition) is 4. The topological polar surface area (TPSA) is 167 Å². The van der Waals surface area contributed by atoms with Crippen LogP contribution in [0, 0.1) is 0 Å². The molecule has 12 nitrogen and oxygen atoms in total. The van der Waals surface area contributed by atoms with Crippen molar-refractivity contribution in [3.63, 3.8) is 0 Å². The van der Waals surface area contributed by atoms with Crippen LogP contribution in [0.25, 0.3) is 10.4 Å². The number of fused-ring (bicyclic) bond motifs is 1. The molecule has 0 unspecified atom stereocenters. The second kappa shape index (κ2) is 18.1. The molecular weight excluding hydrogens is 474 g/mol. The SMILES string of the molecule is [N-]=[N+]=NCCCCCC(=O)NCCOCCOCCNC(=O)CCCC[C@@H]1SC[C@@H]2NC(=O)N[C@@H]21. The second-order valence-electron chi connectivity index (χ2n) is 8.56. The van der Waals surface area contributed by atoms with Crippen molar-refractivity contribution < 1.29 is 23.9 Å². The molecule has 2 fully saturated rings. The molecule has 2 heterocycles. The van der Waals surface area contributed by atoms with E-state index in [-0.39, 0.29) is 29.9 Å². The van der Waals surface area contributed by atoms with Gasteiger partial charge >= 0.3 is 6.03 Å². The Morgan fingerprint density at radius 2 is 1.63 bits per heavy atom. The van der Waals surface area contributed by atoms with Crippen molar-refractivity contribution in [2.75, 3.05) is 51.8 Å². The molecule has 0 radical (unpaired) electrons. The van der Waals surface area contributed by atoms with Gasteiger partial charge in [-0.2, -0.15) is 11.8 Å². The van der Waals surface area contributed by atoms with Gasteiger partial charge in [-0.05, 0) is 31.2 Å². The minimum Gasteiger partial charge on any atom is -0.377 e. The number of unbranched alkanes of at least 4 members (excludes halogenated alkanes) is 3. The average Bonchev–Trinajstić information content (AvgIpc) is 3.39. The molecule has 4 amide bonds. The predicted molar refractivity (Wildman–Crippen MR) is 134 cm³/mol. The quantitative estimate of drug-likeness (QED) is 0.0637. The smallest absolute Gasteiger partial charge is 0.315 e. The van der Waals surface area contributed by atoms with Crippen LogP contribution in [0.2, 0.25) is 0 Å². The summed E-state index contributed by atoms with van der Waals surface area (Å²) in [5.41, 5.74) is 8.18. The van der Waals surface area contributed by atoms with E-state index in [1.807, 2.05) is 11.8 Å². The number of urea groups is 1. The molecule has 0 aromatic rings. The number of nitrogens with zero attached hydrogens (tertiary/aromatic N) is 3. The van der Waals surface area contributed by atoms with E-state index in [0.717, 1.165) is 44.3 Å². The third kappa shape index (κ3) is 12.9. The Morgan fingerprint density at radius 1 is 0.971 bits per heavy atom. The zero-order valence-electron chi connectivity index (χ0n) is 20.3. The van der Waals surface area contributed by atoms with E-state index in [2.05, 4.69) is 31.3 Å². The summed E-state index contributed by atoms with van der Waals surface area (Å²) in [7, 11) is 0. The zero-order chi connectivity index (χ0) is 25.1. The van der Waals surface area contributed by atoms with Crippen LogP contribution in [-0.2, 0) is 19.1 Å². The van der Waals surface area contributed by atoms with E-state index in [1.54, 1.807) is 0 Å². The first kappa shape index (κ1) is 29.0. The Kier molecular flexibility index (Phi) is 15.0. The van der Waals surface area contributed by atoms with Gasteiger partial charge < -0.3 is 30.7 Å². The van der Waals surface area contributed by atoms with Gasteiger partial charge in [0.05, 0.1) is 38.5 Å².